The molecule has 0 radical (unpaired) electrons. The molecule has 2 rings (SSSR count). The van der Waals surface area contributed by atoms with E-state index in [4.69, 9.17) is 0 Å². The van der Waals surface area contributed by atoms with Gasteiger partial charge >= 0.3 is 0 Å². The lowest BCUT2D eigenvalue weighted by molar-refractivity contribution is 0.578. The van der Waals surface area contributed by atoms with Gasteiger partial charge in [0.15, 0.2) is 0 Å². The molecule has 2 aromatic rings. The minimum atomic E-state index is -3.70. The second-order valence-corrected chi connectivity index (χ2v) is 6.12. The van der Waals surface area contributed by atoms with Gasteiger partial charge in [-0.15, -0.1) is 0 Å². The molecule has 1 aromatic carbocycles. The number of hydrogen-bond donors (Lipinski definition) is 1. The van der Waals surface area contributed by atoms with Gasteiger partial charge < -0.3 is 0 Å². The fraction of sp³-hybridized carbons (Fsp3) is 0.231. The van der Waals surface area contributed by atoms with Gasteiger partial charge in [-0.05, 0) is 43.7 Å². The van der Waals surface area contributed by atoms with Gasteiger partial charge in [0.25, 0.3) is 0 Å². The van der Waals surface area contributed by atoms with E-state index in [2.05, 4.69) is 14.7 Å². The number of halogens is 1. The number of aromatic nitrogens is 2. The maximum atomic E-state index is 13.0. The molecule has 0 atom stereocenters. The topological polar surface area (TPSA) is 72.0 Å². The van der Waals surface area contributed by atoms with Crippen molar-refractivity contribution in [2.24, 2.45) is 0 Å². The number of benzene rings is 1. The molecule has 7 heteroatoms. The lowest BCUT2D eigenvalue weighted by atomic mass is 10.2. The van der Waals surface area contributed by atoms with E-state index in [1.54, 1.807) is 19.9 Å². The Balaban J connectivity index is 2.19. The van der Waals surface area contributed by atoms with Crippen molar-refractivity contribution in [3.63, 3.8) is 0 Å². The Kier molecular flexibility index (Phi) is 4.10. The summed E-state index contributed by atoms with van der Waals surface area (Å²) < 4.78 is 39.7. The van der Waals surface area contributed by atoms with Crippen LogP contribution in [0.3, 0.4) is 0 Å². The van der Waals surface area contributed by atoms with Gasteiger partial charge in [0.2, 0.25) is 10.0 Å². The number of aryl methyl sites for hydroxylation is 2. The van der Waals surface area contributed by atoms with Crippen molar-refractivity contribution in [2.75, 3.05) is 0 Å². The Bertz CT molecular complexity index is 732. The molecule has 0 amide bonds. The highest BCUT2D eigenvalue weighted by atomic mass is 32.2. The average molecular weight is 295 g/mol. The molecule has 0 aliphatic rings. The zero-order valence-electron chi connectivity index (χ0n) is 11.1. The van der Waals surface area contributed by atoms with Crippen molar-refractivity contribution in [1.29, 1.82) is 0 Å². The van der Waals surface area contributed by atoms with Crippen molar-refractivity contribution in [3.8, 4) is 0 Å². The SMILES string of the molecule is Cc1cc(CNS(=O)(=O)c2ccc(F)cc2C)ncn1. The molecule has 0 spiro atoms. The highest BCUT2D eigenvalue weighted by Gasteiger charge is 2.17. The predicted octanol–water partition coefficient (Wildman–Crippen LogP) is 1.71. The maximum Gasteiger partial charge on any atom is 0.241 e. The molecule has 0 fully saturated rings. The minimum Gasteiger partial charge on any atom is -0.242 e. The number of rotatable bonds is 4. The third-order valence-electron chi connectivity index (χ3n) is 2.73. The first-order valence-corrected chi connectivity index (χ1v) is 7.40. The molecule has 0 saturated heterocycles. The Morgan fingerprint density at radius 2 is 1.95 bits per heavy atom. The fourth-order valence-electron chi connectivity index (χ4n) is 1.77. The molecule has 5 nitrogen and oxygen atoms in total. The summed E-state index contributed by atoms with van der Waals surface area (Å²) in [4.78, 5) is 7.97. The normalized spacial score (nSPS) is 11.6. The monoisotopic (exact) mass is 295 g/mol. The number of nitrogens with one attached hydrogen (secondary N) is 1. The fourth-order valence-corrected chi connectivity index (χ4v) is 2.99. The molecule has 20 heavy (non-hydrogen) atoms. The lowest BCUT2D eigenvalue weighted by Crippen LogP contribution is -2.24. The van der Waals surface area contributed by atoms with E-state index < -0.39 is 15.8 Å². The van der Waals surface area contributed by atoms with Crippen LogP contribution in [0.2, 0.25) is 0 Å². The minimum absolute atomic E-state index is 0.0580. The summed E-state index contributed by atoms with van der Waals surface area (Å²) in [6, 6.07) is 5.25. The first kappa shape index (κ1) is 14.5. The van der Waals surface area contributed by atoms with Gasteiger partial charge in [0.1, 0.15) is 12.1 Å². The first-order chi connectivity index (χ1) is 9.38. The summed E-state index contributed by atoms with van der Waals surface area (Å²) in [6.07, 6.45) is 1.38. The van der Waals surface area contributed by atoms with E-state index >= 15 is 0 Å². The van der Waals surface area contributed by atoms with Crippen LogP contribution in [-0.4, -0.2) is 18.4 Å². The van der Waals surface area contributed by atoms with Gasteiger partial charge in [0, 0.05) is 5.69 Å². The Labute approximate surface area is 116 Å². The largest absolute Gasteiger partial charge is 0.242 e. The van der Waals surface area contributed by atoms with E-state index in [1.807, 2.05) is 0 Å². The van der Waals surface area contributed by atoms with Crippen LogP contribution in [-0.2, 0) is 16.6 Å². The Hall–Kier alpha value is -1.86. The van der Waals surface area contributed by atoms with Crippen molar-refractivity contribution >= 4 is 10.0 Å². The molecule has 0 bridgehead atoms. The molecule has 0 aliphatic heterocycles. The van der Waals surface area contributed by atoms with E-state index in [9.17, 15) is 12.8 Å². The van der Waals surface area contributed by atoms with Crippen molar-refractivity contribution < 1.29 is 12.8 Å². The van der Waals surface area contributed by atoms with E-state index in [0.29, 0.717) is 11.3 Å². The van der Waals surface area contributed by atoms with Crippen molar-refractivity contribution in [3.05, 3.63) is 53.4 Å². The van der Waals surface area contributed by atoms with Gasteiger partial charge in [-0.2, -0.15) is 0 Å². The van der Waals surface area contributed by atoms with Crippen LogP contribution in [0.15, 0.2) is 35.5 Å². The molecule has 0 aliphatic carbocycles. The highest BCUT2D eigenvalue weighted by molar-refractivity contribution is 7.89. The second-order valence-electron chi connectivity index (χ2n) is 4.39. The van der Waals surface area contributed by atoms with Crippen LogP contribution >= 0.6 is 0 Å². The molecule has 0 saturated carbocycles. The van der Waals surface area contributed by atoms with Crippen molar-refractivity contribution in [2.45, 2.75) is 25.3 Å². The van der Waals surface area contributed by atoms with Crippen LogP contribution < -0.4 is 4.72 Å². The molecule has 1 N–H and O–H groups in total. The third kappa shape index (κ3) is 3.37. The summed E-state index contributed by atoms with van der Waals surface area (Å²) in [7, 11) is -3.70. The van der Waals surface area contributed by atoms with E-state index in [-0.39, 0.29) is 11.4 Å². The number of hydrogen-bond acceptors (Lipinski definition) is 4. The van der Waals surface area contributed by atoms with E-state index in [0.717, 1.165) is 11.8 Å². The summed E-state index contributed by atoms with van der Waals surface area (Å²) in [5, 5.41) is 0. The zero-order chi connectivity index (χ0) is 14.8. The molecular weight excluding hydrogens is 281 g/mol. The number of sulfonamides is 1. The maximum absolute atomic E-state index is 13.0. The van der Waals surface area contributed by atoms with Gasteiger partial charge in [-0.3, -0.25) is 0 Å². The molecule has 106 valence electrons. The Morgan fingerprint density at radius 3 is 2.60 bits per heavy atom. The smallest absolute Gasteiger partial charge is 0.241 e. The lowest BCUT2D eigenvalue weighted by Gasteiger charge is -2.09. The summed E-state index contributed by atoms with van der Waals surface area (Å²) in [5.74, 6) is -0.465. The standard InChI is InChI=1S/C13H14FN3O2S/c1-9-5-11(14)3-4-13(9)20(18,19)17-7-12-6-10(2)15-8-16-12/h3-6,8,17H,7H2,1-2H3. The number of nitrogens with zero attached hydrogens (tertiary/aromatic N) is 2. The first-order valence-electron chi connectivity index (χ1n) is 5.92. The average Bonchev–Trinajstić information content (AvgIpc) is 2.36. The quantitative estimate of drug-likeness (QED) is 0.932. The van der Waals surface area contributed by atoms with Crippen molar-refractivity contribution in [1.82, 2.24) is 14.7 Å². The van der Waals surface area contributed by atoms with Crippen LogP contribution in [0.25, 0.3) is 0 Å². The predicted molar refractivity (Wildman–Crippen MR) is 71.9 cm³/mol. The summed E-state index contributed by atoms with van der Waals surface area (Å²) in [6.45, 7) is 3.40. The van der Waals surface area contributed by atoms with Crippen LogP contribution in [0, 0.1) is 19.7 Å². The second kappa shape index (κ2) is 5.64. The van der Waals surface area contributed by atoms with Crippen LogP contribution in [0.1, 0.15) is 17.0 Å². The molecule has 0 unspecified atom stereocenters. The molecular formula is C13H14FN3O2S. The zero-order valence-corrected chi connectivity index (χ0v) is 11.9. The summed E-state index contributed by atoms with van der Waals surface area (Å²) >= 11 is 0. The molecule has 1 aromatic heterocycles. The highest BCUT2D eigenvalue weighted by Crippen LogP contribution is 2.16. The van der Waals surface area contributed by atoms with Gasteiger partial charge in [-0.25, -0.2) is 27.5 Å². The van der Waals surface area contributed by atoms with Crippen LogP contribution in [0.4, 0.5) is 4.39 Å². The van der Waals surface area contributed by atoms with Gasteiger partial charge in [0.05, 0.1) is 17.1 Å². The van der Waals surface area contributed by atoms with Gasteiger partial charge in [-0.1, -0.05) is 0 Å². The summed E-state index contributed by atoms with van der Waals surface area (Å²) in [5.41, 5.74) is 1.68. The van der Waals surface area contributed by atoms with Crippen LogP contribution in [0.5, 0.6) is 0 Å². The van der Waals surface area contributed by atoms with E-state index in [1.165, 1.54) is 18.5 Å². The third-order valence-corrected chi connectivity index (χ3v) is 4.29. The Morgan fingerprint density at radius 1 is 1.20 bits per heavy atom. The molecule has 1 heterocycles.